The molecule has 1 saturated carbocycles. The van der Waals surface area contributed by atoms with Crippen LogP contribution in [0.4, 0.5) is 0 Å². The van der Waals surface area contributed by atoms with Crippen LogP contribution in [0.2, 0.25) is 0 Å². The van der Waals surface area contributed by atoms with Crippen molar-refractivity contribution in [1.82, 2.24) is 4.90 Å². The van der Waals surface area contributed by atoms with E-state index in [4.69, 9.17) is 5.11 Å². The predicted octanol–water partition coefficient (Wildman–Crippen LogP) is 2.85. The van der Waals surface area contributed by atoms with E-state index in [9.17, 15) is 9.59 Å². The van der Waals surface area contributed by atoms with Crippen molar-refractivity contribution >= 4 is 11.9 Å². The summed E-state index contributed by atoms with van der Waals surface area (Å²) in [5.41, 5.74) is 1.19. The van der Waals surface area contributed by atoms with Crippen LogP contribution in [0.25, 0.3) is 0 Å². The third kappa shape index (κ3) is 2.80. The number of nitrogens with zero attached hydrogens (tertiary/aromatic N) is 1. The van der Waals surface area contributed by atoms with E-state index in [1.165, 1.54) is 5.56 Å². The average Bonchev–Trinajstić information content (AvgIpc) is 3.17. The van der Waals surface area contributed by atoms with Gasteiger partial charge >= 0.3 is 5.97 Å². The lowest BCUT2D eigenvalue weighted by molar-refractivity contribution is -0.141. The van der Waals surface area contributed by atoms with Crippen LogP contribution in [0, 0.1) is 11.8 Å². The SMILES string of the molecule is O=C(O)[C@H]1CC[C@@H](C(=O)N2CCCC2c2ccccc2)C1. The Morgan fingerprint density at radius 2 is 1.76 bits per heavy atom. The first-order chi connectivity index (χ1) is 10.2. The smallest absolute Gasteiger partial charge is 0.306 e. The van der Waals surface area contributed by atoms with Crippen LogP contribution in [0.3, 0.4) is 0 Å². The summed E-state index contributed by atoms with van der Waals surface area (Å²) in [7, 11) is 0. The fourth-order valence-corrected chi connectivity index (χ4v) is 3.72. The molecule has 0 aromatic heterocycles. The normalized spacial score (nSPS) is 28.8. The number of carboxylic acids is 1. The molecule has 1 saturated heterocycles. The van der Waals surface area contributed by atoms with Gasteiger partial charge in [0.1, 0.15) is 0 Å². The zero-order valence-corrected chi connectivity index (χ0v) is 12.1. The average molecular weight is 287 g/mol. The molecule has 4 heteroatoms. The molecule has 21 heavy (non-hydrogen) atoms. The summed E-state index contributed by atoms with van der Waals surface area (Å²) in [5.74, 6) is -1.04. The second-order valence-electron chi connectivity index (χ2n) is 6.15. The number of hydrogen-bond donors (Lipinski definition) is 1. The van der Waals surface area contributed by atoms with Crippen molar-refractivity contribution in [3.05, 3.63) is 35.9 Å². The predicted molar refractivity (Wildman–Crippen MR) is 78.6 cm³/mol. The van der Waals surface area contributed by atoms with E-state index < -0.39 is 5.97 Å². The molecular formula is C17H21NO3. The Hall–Kier alpha value is -1.84. The number of aliphatic carboxylic acids is 1. The lowest BCUT2D eigenvalue weighted by atomic mass is 10.0. The van der Waals surface area contributed by atoms with Crippen LogP contribution in [-0.2, 0) is 9.59 Å². The van der Waals surface area contributed by atoms with Crippen LogP contribution in [0.1, 0.15) is 43.7 Å². The van der Waals surface area contributed by atoms with E-state index in [2.05, 4.69) is 12.1 Å². The molecule has 2 aliphatic rings. The van der Waals surface area contributed by atoms with Gasteiger partial charge in [-0.2, -0.15) is 0 Å². The summed E-state index contributed by atoms with van der Waals surface area (Å²) < 4.78 is 0. The molecule has 1 unspecified atom stereocenters. The van der Waals surface area contributed by atoms with E-state index in [1.807, 2.05) is 23.1 Å². The van der Waals surface area contributed by atoms with Crippen LogP contribution in [0.5, 0.6) is 0 Å². The standard InChI is InChI=1S/C17H21NO3/c19-16(13-8-9-14(11-13)17(20)21)18-10-4-7-15(18)12-5-2-1-3-6-12/h1-3,5-6,13-15H,4,7-11H2,(H,20,21)/t13-,14+,15?/m1/s1. The van der Waals surface area contributed by atoms with Crippen LogP contribution >= 0.6 is 0 Å². The number of carbonyl (C=O) groups is 2. The monoisotopic (exact) mass is 287 g/mol. The zero-order chi connectivity index (χ0) is 14.8. The number of likely N-dealkylation sites (tertiary alicyclic amines) is 1. The first kappa shape index (κ1) is 14.1. The quantitative estimate of drug-likeness (QED) is 0.930. The fraction of sp³-hybridized carbons (Fsp3) is 0.529. The number of hydrogen-bond acceptors (Lipinski definition) is 2. The van der Waals surface area contributed by atoms with Gasteiger partial charge in [0.05, 0.1) is 12.0 Å². The number of rotatable bonds is 3. The maximum atomic E-state index is 12.7. The second-order valence-corrected chi connectivity index (χ2v) is 6.15. The molecule has 0 radical (unpaired) electrons. The molecule has 112 valence electrons. The Labute approximate surface area is 124 Å². The maximum absolute atomic E-state index is 12.7. The highest BCUT2D eigenvalue weighted by Gasteiger charge is 2.39. The minimum absolute atomic E-state index is 0.101. The highest BCUT2D eigenvalue weighted by Crippen LogP contribution is 2.38. The van der Waals surface area contributed by atoms with Gasteiger partial charge in [-0.1, -0.05) is 30.3 Å². The van der Waals surface area contributed by atoms with Gasteiger partial charge in [-0.25, -0.2) is 0 Å². The summed E-state index contributed by atoms with van der Waals surface area (Å²) in [5, 5.41) is 9.08. The molecule has 1 heterocycles. The van der Waals surface area contributed by atoms with Gasteiger partial charge in [0.25, 0.3) is 0 Å². The molecule has 4 nitrogen and oxygen atoms in total. The third-order valence-electron chi connectivity index (χ3n) is 4.85. The van der Waals surface area contributed by atoms with E-state index in [0.29, 0.717) is 19.3 Å². The van der Waals surface area contributed by atoms with Gasteiger partial charge in [0, 0.05) is 12.5 Å². The summed E-state index contributed by atoms with van der Waals surface area (Å²) in [6, 6.07) is 10.3. The van der Waals surface area contributed by atoms with Gasteiger partial charge in [-0.05, 0) is 37.7 Å². The van der Waals surface area contributed by atoms with Crippen molar-refractivity contribution in [3.63, 3.8) is 0 Å². The van der Waals surface area contributed by atoms with Crippen molar-refractivity contribution in [3.8, 4) is 0 Å². The minimum atomic E-state index is -0.758. The van der Waals surface area contributed by atoms with Crippen LogP contribution in [-0.4, -0.2) is 28.4 Å². The number of carbonyl (C=O) groups excluding carboxylic acids is 1. The molecule has 3 rings (SSSR count). The number of carboxylic acid groups (broad SMARTS) is 1. The molecule has 1 N–H and O–H groups in total. The van der Waals surface area contributed by atoms with Crippen molar-refractivity contribution < 1.29 is 14.7 Å². The van der Waals surface area contributed by atoms with Crippen molar-refractivity contribution in [1.29, 1.82) is 0 Å². The molecule has 0 bridgehead atoms. The molecule has 0 spiro atoms. The summed E-state index contributed by atoms with van der Waals surface area (Å²) >= 11 is 0. The largest absolute Gasteiger partial charge is 0.481 e. The Morgan fingerprint density at radius 1 is 1.05 bits per heavy atom. The molecule has 3 atom stereocenters. The Balaban J connectivity index is 1.71. The van der Waals surface area contributed by atoms with Gasteiger partial charge < -0.3 is 10.0 Å². The molecule has 2 fully saturated rings. The first-order valence-electron chi connectivity index (χ1n) is 7.75. The third-order valence-corrected chi connectivity index (χ3v) is 4.85. The molecule has 1 aliphatic heterocycles. The Morgan fingerprint density at radius 3 is 2.43 bits per heavy atom. The molecular weight excluding hydrogens is 266 g/mol. The van der Waals surface area contributed by atoms with Gasteiger partial charge in [0.2, 0.25) is 5.91 Å². The molecule has 1 aliphatic carbocycles. The minimum Gasteiger partial charge on any atom is -0.481 e. The van der Waals surface area contributed by atoms with E-state index >= 15 is 0 Å². The highest BCUT2D eigenvalue weighted by atomic mass is 16.4. The van der Waals surface area contributed by atoms with Gasteiger partial charge in [-0.3, -0.25) is 9.59 Å². The number of benzene rings is 1. The van der Waals surface area contributed by atoms with Gasteiger partial charge in [-0.15, -0.1) is 0 Å². The van der Waals surface area contributed by atoms with E-state index in [1.54, 1.807) is 0 Å². The van der Waals surface area contributed by atoms with E-state index in [-0.39, 0.29) is 23.8 Å². The fourth-order valence-electron chi connectivity index (χ4n) is 3.72. The topological polar surface area (TPSA) is 57.6 Å². The second kappa shape index (κ2) is 5.88. The zero-order valence-electron chi connectivity index (χ0n) is 12.1. The first-order valence-corrected chi connectivity index (χ1v) is 7.75. The maximum Gasteiger partial charge on any atom is 0.306 e. The van der Waals surface area contributed by atoms with Crippen LogP contribution < -0.4 is 0 Å². The lowest BCUT2D eigenvalue weighted by Gasteiger charge is -2.27. The van der Waals surface area contributed by atoms with Crippen molar-refractivity contribution in [2.24, 2.45) is 11.8 Å². The Bertz CT molecular complexity index is 528. The van der Waals surface area contributed by atoms with Crippen molar-refractivity contribution in [2.75, 3.05) is 6.54 Å². The highest BCUT2D eigenvalue weighted by molar-refractivity contribution is 5.81. The summed E-state index contributed by atoms with van der Waals surface area (Å²) in [4.78, 5) is 25.8. The van der Waals surface area contributed by atoms with Crippen LogP contribution in [0.15, 0.2) is 30.3 Å². The molecule has 1 aromatic rings. The van der Waals surface area contributed by atoms with Gasteiger partial charge in [0.15, 0.2) is 0 Å². The van der Waals surface area contributed by atoms with Crippen molar-refractivity contribution in [2.45, 2.75) is 38.1 Å². The summed E-state index contributed by atoms with van der Waals surface area (Å²) in [6.07, 6.45) is 3.89. The number of amides is 1. The Kier molecular flexibility index (Phi) is 3.95. The summed E-state index contributed by atoms with van der Waals surface area (Å²) in [6.45, 7) is 0.798. The lowest BCUT2D eigenvalue weighted by Crippen LogP contribution is -2.35. The van der Waals surface area contributed by atoms with E-state index in [0.717, 1.165) is 19.4 Å². The molecule has 1 aromatic carbocycles. The molecule has 1 amide bonds.